The first-order chi connectivity index (χ1) is 13.0. The molecule has 2 rings (SSSR count). The van der Waals surface area contributed by atoms with Crippen LogP contribution in [0.3, 0.4) is 0 Å². The van der Waals surface area contributed by atoms with Gasteiger partial charge in [-0.15, -0.1) is 0 Å². The van der Waals surface area contributed by atoms with E-state index in [4.69, 9.17) is 4.74 Å². The maximum atomic E-state index is 10.9. The molecule has 2 aliphatic carbocycles. The molecule has 0 aromatic carbocycles. The molecule has 2 aliphatic rings. The Kier molecular flexibility index (Phi) is 8.01. The van der Waals surface area contributed by atoms with Gasteiger partial charge in [0.2, 0.25) is 0 Å². The molecule has 0 amide bonds. The van der Waals surface area contributed by atoms with Crippen molar-refractivity contribution in [2.75, 3.05) is 0 Å². The zero-order valence-corrected chi connectivity index (χ0v) is 19.7. The Morgan fingerprint density at radius 3 is 2.32 bits per heavy atom. The lowest BCUT2D eigenvalue weighted by atomic mass is 9.62. The lowest BCUT2D eigenvalue weighted by molar-refractivity contribution is -0.169. The van der Waals surface area contributed by atoms with E-state index in [1.54, 1.807) is 0 Å². The topological polar surface area (TPSA) is 29.5 Å². The largest absolute Gasteiger partial charge is 0.364 e. The van der Waals surface area contributed by atoms with Gasteiger partial charge in [0.1, 0.15) is 0 Å². The van der Waals surface area contributed by atoms with E-state index in [1.807, 2.05) is 0 Å². The van der Waals surface area contributed by atoms with Crippen molar-refractivity contribution in [2.24, 2.45) is 22.7 Å². The van der Waals surface area contributed by atoms with Crippen LogP contribution in [0, 0.1) is 22.7 Å². The van der Waals surface area contributed by atoms with Gasteiger partial charge in [-0.25, -0.2) is 0 Å². The van der Waals surface area contributed by atoms with Crippen molar-refractivity contribution in [3.05, 3.63) is 23.8 Å². The highest BCUT2D eigenvalue weighted by Gasteiger charge is 2.38. The zero-order chi connectivity index (χ0) is 21.0. The Balaban J connectivity index is 2.18. The lowest BCUT2D eigenvalue weighted by Crippen LogP contribution is -2.37. The quantitative estimate of drug-likeness (QED) is 0.415. The molecule has 0 bridgehead atoms. The lowest BCUT2D eigenvalue weighted by Gasteiger charge is -2.43. The maximum Gasteiger partial charge on any atom is 0.181 e. The smallest absolute Gasteiger partial charge is 0.181 e. The average Bonchev–Trinajstić information content (AvgIpc) is 2.66. The van der Waals surface area contributed by atoms with Gasteiger partial charge in [-0.05, 0) is 55.3 Å². The summed E-state index contributed by atoms with van der Waals surface area (Å²) in [4.78, 5) is 0. The van der Waals surface area contributed by atoms with Crippen LogP contribution in [0.5, 0.6) is 0 Å². The van der Waals surface area contributed by atoms with Gasteiger partial charge < -0.3 is 9.84 Å². The van der Waals surface area contributed by atoms with Crippen LogP contribution < -0.4 is 0 Å². The normalized spacial score (nSPS) is 25.3. The number of rotatable bonds is 9. The van der Waals surface area contributed by atoms with Crippen LogP contribution in [0.25, 0.3) is 0 Å². The molecule has 2 nitrogen and oxygen atoms in total. The van der Waals surface area contributed by atoms with Crippen molar-refractivity contribution in [3.8, 4) is 0 Å². The molecular weight excluding hydrogens is 344 g/mol. The Labute approximate surface area is 174 Å². The summed E-state index contributed by atoms with van der Waals surface area (Å²) in [5.74, 6) is 1.07. The van der Waals surface area contributed by atoms with Gasteiger partial charge in [0, 0.05) is 5.57 Å². The van der Waals surface area contributed by atoms with Gasteiger partial charge in [0.15, 0.2) is 6.29 Å². The molecule has 0 aromatic heterocycles. The van der Waals surface area contributed by atoms with Crippen molar-refractivity contribution in [1.29, 1.82) is 0 Å². The molecule has 0 saturated heterocycles. The Hall–Kier alpha value is -0.600. The summed E-state index contributed by atoms with van der Waals surface area (Å²) < 4.78 is 6.22. The zero-order valence-electron chi connectivity index (χ0n) is 19.7. The maximum absolute atomic E-state index is 10.9. The molecule has 3 atom stereocenters. The summed E-state index contributed by atoms with van der Waals surface area (Å²) in [6.45, 7) is 16.4. The summed E-state index contributed by atoms with van der Waals surface area (Å²) in [6.07, 6.45) is 16.4. The third kappa shape index (κ3) is 6.20. The monoisotopic (exact) mass is 390 g/mol. The van der Waals surface area contributed by atoms with Crippen LogP contribution in [0.4, 0.5) is 0 Å². The third-order valence-corrected chi connectivity index (χ3v) is 7.88. The number of aliphatic hydroxyl groups is 1. The second-order valence-corrected chi connectivity index (χ2v) is 11.1. The predicted molar refractivity (Wildman–Crippen MR) is 120 cm³/mol. The number of hydrogen-bond donors (Lipinski definition) is 1. The predicted octanol–water partition coefficient (Wildman–Crippen LogP) is 7.43. The van der Waals surface area contributed by atoms with Crippen molar-refractivity contribution >= 4 is 0 Å². The Bertz CT molecular complexity index is 549. The van der Waals surface area contributed by atoms with E-state index in [9.17, 15) is 5.11 Å². The third-order valence-electron chi connectivity index (χ3n) is 7.88. The number of allylic oxidation sites excluding steroid dienone is 2. The van der Waals surface area contributed by atoms with E-state index in [2.05, 4.69) is 66.7 Å². The SMILES string of the molecule is CCC(C)(C)CC(C1C=C(C(O)OC2(C)CCCCC2)C=CC1)C(C)(C)CC. The minimum atomic E-state index is -0.799. The van der Waals surface area contributed by atoms with E-state index in [1.165, 1.54) is 38.5 Å². The number of hydrogen-bond acceptors (Lipinski definition) is 2. The van der Waals surface area contributed by atoms with E-state index < -0.39 is 6.29 Å². The molecule has 0 aromatic rings. The van der Waals surface area contributed by atoms with Crippen LogP contribution >= 0.6 is 0 Å². The first kappa shape index (κ1) is 23.7. The molecule has 1 fully saturated rings. The second-order valence-electron chi connectivity index (χ2n) is 11.1. The van der Waals surface area contributed by atoms with E-state index in [-0.39, 0.29) is 11.0 Å². The minimum absolute atomic E-state index is 0.175. The van der Waals surface area contributed by atoms with E-state index in [0.29, 0.717) is 17.3 Å². The van der Waals surface area contributed by atoms with Crippen LogP contribution in [0.2, 0.25) is 0 Å². The first-order valence-electron chi connectivity index (χ1n) is 11.8. The first-order valence-corrected chi connectivity index (χ1v) is 11.8. The van der Waals surface area contributed by atoms with E-state index >= 15 is 0 Å². The molecule has 0 aliphatic heterocycles. The molecular formula is C26H46O2. The molecule has 3 unspecified atom stereocenters. The highest BCUT2D eigenvalue weighted by molar-refractivity contribution is 5.27. The van der Waals surface area contributed by atoms with Crippen molar-refractivity contribution in [2.45, 2.75) is 118 Å². The summed E-state index contributed by atoms with van der Waals surface area (Å²) in [6, 6.07) is 0. The van der Waals surface area contributed by atoms with Gasteiger partial charge >= 0.3 is 0 Å². The highest BCUT2D eigenvalue weighted by Crippen LogP contribution is 2.47. The molecule has 0 radical (unpaired) electrons. The minimum Gasteiger partial charge on any atom is -0.364 e. The summed E-state index contributed by atoms with van der Waals surface area (Å²) in [5, 5.41) is 10.9. The molecule has 2 heteroatoms. The van der Waals surface area contributed by atoms with Gasteiger partial charge in [0.25, 0.3) is 0 Å². The van der Waals surface area contributed by atoms with Crippen LogP contribution in [0.15, 0.2) is 23.8 Å². The number of ether oxygens (including phenoxy) is 1. The van der Waals surface area contributed by atoms with Crippen molar-refractivity contribution < 1.29 is 9.84 Å². The van der Waals surface area contributed by atoms with Crippen molar-refractivity contribution in [1.82, 2.24) is 0 Å². The fourth-order valence-corrected chi connectivity index (χ4v) is 4.94. The second kappa shape index (κ2) is 9.47. The fraction of sp³-hybridized carbons (Fsp3) is 0.846. The Morgan fingerprint density at radius 1 is 1.11 bits per heavy atom. The molecule has 1 N–H and O–H groups in total. The summed E-state index contributed by atoms with van der Waals surface area (Å²) in [7, 11) is 0. The molecule has 28 heavy (non-hydrogen) atoms. The standard InChI is InChI=1S/C26H46O2/c1-8-24(3,4)19-22(25(5,6)9-2)20-14-13-15-21(18-20)23(27)28-26(7)16-11-10-12-17-26/h13,15,18,20,22-23,27H,8-12,14,16-17,19H2,1-7H3. The van der Waals surface area contributed by atoms with Gasteiger partial charge in [-0.1, -0.05) is 91.9 Å². The fourth-order valence-electron chi connectivity index (χ4n) is 4.94. The molecule has 162 valence electrons. The van der Waals surface area contributed by atoms with Crippen LogP contribution in [-0.2, 0) is 4.74 Å². The van der Waals surface area contributed by atoms with Gasteiger partial charge in [-0.2, -0.15) is 0 Å². The summed E-state index contributed by atoms with van der Waals surface area (Å²) >= 11 is 0. The molecule has 1 saturated carbocycles. The van der Waals surface area contributed by atoms with Gasteiger partial charge in [0.05, 0.1) is 5.60 Å². The Morgan fingerprint density at radius 2 is 1.75 bits per heavy atom. The van der Waals surface area contributed by atoms with Crippen LogP contribution in [-0.4, -0.2) is 17.0 Å². The van der Waals surface area contributed by atoms with Crippen LogP contribution in [0.1, 0.15) is 106 Å². The molecule has 0 heterocycles. The highest BCUT2D eigenvalue weighted by atomic mass is 16.6. The average molecular weight is 391 g/mol. The molecule has 0 spiro atoms. The summed E-state index contributed by atoms with van der Waals surface area (Å²) in [5.41, 5.74) is 1.42. The van der Waals surface area contributed by atoms with Gasteiger partial charge in [-0.3, -0.25) is 0 Å². The van der Waals surface area contributed by atoms with Crippen molar-refractivity contribution in [3.63, 3.8) is 0 Å². The van der Waals surface area contributed by atoms with E-state index in [0.717, 1.165) is 24.8 Å². The number of aliphatic hydroxyl groups excluding tert-OH is 1.